The van der Waals surface area contributed by atoms with Gasteiger partial charge in [0.2, 0.25) is 0 Å². The Kier molecular flexibility index (Phi) is 43.6. The standard InChI is InChI=1S/C52H86O6/c1-4-7-10-13-16-19-21-23-24-25-26-27-29-30-33-36-39-42-45-51(54)57-48-49(47-56-50(53)44-41-38-35-32-18-15-12-9-6-3)58-52(55)46-43-40-37-34-31-28-22-20-17-14-11-8-5-2/h10,13,16,19,21,23-28,31-32,35,49H,4-9,11-12,14-15,17-18,20,22,29-30,33-34,36-48H2,1-3H3/b13-10-,19-16-,23-21-,25-24-,27-26-,31-28-,35-32-. The molecule has 0 aliphatic rings. The third kappa shape index (κ3) is 43.7. The van der Waals surface area contributed by atoms with Crippen molar-refractivity contribution in [3.8, 4) is 0 Å². The maximum absolute atomic E-state index is 12.7. The van der Waals surface area contributed by atoms with Crippen LogP contribution in [-0.2, 0) is 28.6 Å². The molecule has 1 atom stereocenters. The van der Waals surface area contributed by atoms with Crippen LogP contribution >= 0.6 is 0 Å². The summed E-state index contributed by atoms with van der Waals surface area (Å²) in [4.78, 5) is 37.7. The van der Waals surface area contributed by atoms with Gasteiger partial charge in [0.05, 0.1) is 0 Å². The molecule has 0 aromatic heterocycles. The Morgan fingerprint density at radius 1 is 0.345 bits per heavy atom. The monoisotopic (exact) mass is 807 g/mol. The molecule has 0 aliphatic carbocycles. The largest absolute Gasteiger partial charge is 0.462 e. The van der Waals surface area contributed by atoms with Gasteiger partial charge in [0, 0.05) is 19.3 Å². The van der Waals surface area contributed by atoms with Crippen LogP contribution in [0.1, 0.15) is 207 Å². The van der Waals surface area contributed by atoms with Crippen molar-refractivity contribution in [3.05, 3.63) is 85.1 Å². The van der Waals surface area contributed by atoms with E-state index in [9.17, 15) is 14.4 Å². The lowest BCUT2D eigenvalue weighted by Gasteiger charge is -2.18. The number of carbonyl (C=O) groups excluding carboxylic acids is 3. The van der Waals surface area contributed by atoms with Crippen molar-refractivity contribution in [2.24, 2.45) is 0 Å². The van der Waals surface area contributed by atoms with E-state index in [1.54, 1.807) is 0 Å². The summed E-state index contributed by atoms with van der Waals surface area (Å²) in [5, 5.41) is 0. The van der Waals surface area contributed by atoms with E-state index in [2.05, 4.69) is 69.4 Å². The molecule has 58 heavy (non-hydrogen) atoms. The van der Waals surface area contributed by atoms with Gasteiger partial charge in [-0.25, -0.2) is 0 Å². The van der Waals surface area contributed by atoms with Gasteiger partial charge < -0.3 is 14.2 Å². The summed E-state index contributed by atoms with van der Waals surface area (Å²) in [5.74, 6) is -0.987. The third-order valence-corrected chi connectivity index (χ3v) is 9.70. The Hall–Kier alpha value is -3.41. The van der Waals surface area contributed by atoms with Crippen molar-refractivity contribution in [1.82, 2.24) is 0 Å². The molecule has 0 N–H and O–H groups in total. The second-order valence-corrected chi connectivity index (χ2v) is 15.4. The van der Waals surface area contributed by atoms with Crippen LogP contribution in [0.3, 0.4) is 0 Å². The highest BCUT2D eigenvalue weighted by Gasteiger charge is 2.19. The molecule has 1 unspecified atom stereocenters. The second kappa shape index (κ2) is 46.3. The van der Waals surface area contributed by atoms with E-state index in [1.165, 1.54) is 70.6 Å². The summed E-state index contributed by atoms with van der Waals surface area (Å²) in [5.41, 5.74) is 0. The van der Waals surface area contributed by atoms with Gasteiger partial charge in [-0.2, -0.15) is 0 Å². The van der Waals surface area contributed by atoms with E-state index < -0.39 is 6.10 Å². The Bertz CT molecular complexity index is 1160. The zero-order valence-corrected chi connectivity index (χ0v) is 37.5. The minimum Gasteiger partial charge on any atom is -0.462 e. The van der Waals surface area contributed by atoms with Gasteiger partial charge in [-0.3, -0.25) is 14.4 Å². The van der Waals surface area contributed by atoms with Crippen molar-refractivity contribution in [3.63, 3.8) is 0 Å². The van der Waals surface area contributed by atoms with Gasteiger partial charge in [0.1, 0.15) is 13.2 Å². The normalized spacial score (nSPS) is 12.8. The molecule has 0 aromatic rings. The molecule has 6 nitrogen and oxygen atoms in total. The second-order valence-electron chi connectivity index (χ2n) is 15.4. The van der Waals surface area contributed by atoms with Gasteiger partial charge in [-0.05, 0) is 83.5 Å². The molecule has 0 aliphatic heterocycles. The summed E-state index contributed by atoms with van der Waals surface area (Å²) in [6.07, 6.45) is 58.5. The predicted molar refractivity (Wildman–Crippen MR) is 247 cm³/mol. The molecule has 0 fully saturated rings. The molecule has 330 valence electrons. The summed E-state index contributed by atoms with van der Waals surface area (Å²) < 4.78 is 16.6. The molecule has 0 bridgehead atoms. The minimum atomic E-state index is -0.804. The van der Waals surface area contributed by atoms with E-state index in [-0.39, 0.29) is 31.1 Å². The molecular weight excluding hydrogens is 721 g/mol. The first-order valence-electron chi connectivity index (χ1n) is 23.7. The first-order chi connectivity index (χ1) is 28.5. The fraction of sp³-hybridized carbons (Fsp3) is 0.673. The smallest absolute Gasteiger partial charge is 0.306 e. The summed E-state index contributed by atoms with van der Waals surface area (Å²) in [6.45, 7) is 6.42. The molecule has 0 saturated heterocycles. The van der Waals surface area contributed by atoms with Gasteiger partial charge in [-0.1, -0.05) is 189 Å². The Labute approximate surface area is 356 Å². The molecule has 0 radical (unpaired) electrons. The van der Waals surface area contributed by atoms with Crippen LogP contribution in [0, 0.1) is 0 Å². The van der Waals surface area contributed by atoms with Crippen LogP contribution in [0.2, 0.25) is 0 Å². The molecule has 6 heteroatoms. The van der Waals surface area contributed by atoms with Gasteiger partial charge >= 0.3 is 17.9 Å². The van der Waals surface area contributed by atoms with E-state index in [0.717, 1.165) is 89.9 Å². The molecular formula is C52H86O6. The molecule has 0 rings (SSSR count). The maximum atomic E-state index is 12.7. The zero-order valence-electron chi connectivity index (χ0n) is 37.5. The van der Waals surface area contributed by atoms with Crippen LogP contribution in [0.15, 0.2) is 85.1 Å². The van der Waals surface area contributed by atoms with E-state index >= 15 is 0 Å². The molecule has 0 saturated carbocycles. The van der Waals surface area contributed by atoms with Crippen LogP contribution in [0.4, 0.5) is 0 Å². The Morgan fingerprint density at radius 2 is 0.690 bits per heavy atom. The molecule has 0 aromatic carbocycles. The summed E-state index contributed by atoms with van der Waals surface area (Å²) >= 11 is 0. The first kappa shape index (κ1) is 54.6. The van der Waals surface area contributed by atoms with Crippen LogP contribution in [-0.4, -0.2) is 37.2 Å². The van der Waals surface area contributed by atoms with Crippen LogP contribution < -0.4 is 0 Å². The average molecular weight is 807 g/mol. The number of carbonyl (C=O) groups is 3. The summed E-state index contributed by atoms with van der Waals surface area (Å²) in [7, 11) is 0. The Morgan fingerprint density at radius 3 is 1.19 bits per heavy atom. The fourth-order valence-electron chi connectivity index (χ4n) is 6.12. The van der Waals surface area contributed by atoms with Crippen LogP contribution in [0.25, 0.3) is 0 Å². The predicted octanol–water partition coefficient (Wildman–Crippen LogP) is 15.3. The lowest BCUT2D eigenvalue weighted by molar-refractivity contribution is -0.167. The van der Waals surface area contributed by atoms with Gasteiger partial charge in [0.15, 0.2) is 6.10 Å². The lowest BCUT2D eigenvalue weighted by Crippen LogP contribution is -2.30. The molecule has 0 amide bonds. The zero-order chi connectivity index (χ0) is 42.3. The van der Waals surface area contributed by atoms with Crippen molar-refractivity contribution >= 4 is 17.9 Å². The molecule has 0 spiro atoms. The number of hydrogen-bond acceptors (Lipinski definition) is 6. The van der Waals surface area contributed by atoms with Crippen molar-refractivity contribution in [1.29, 1.82) is 0 Å². The number of ether oxygens (including phenoxy) is 3. The first-order valence-corrected chi connectivity index (χ1v) is 23.7. The number of unbranched alkanes of at least 4 members (excludes halogenated alkanes) is 20. The number of allylic oxidation sites excluding steroid dienone is 14. The van der Waals surface area contributed by atoms with E-state index in [0.29, 0.717) is 25.7 Å². The number of rotatable bonds is 41. The quantitative estimate of drug-likeness (QED) is 0.0201. The van der Waals surface area contributed by atoms with Crippen LogP contribution in [0.5, 0.6) is 0 Å². The highest BCUT2D eigenvalue weighted by atomic mass is 16.6. The maximum Gasteiger partial charge on any atom is 0.306 e. The highest BCUT2D eigenvalue weighted by Crippen LogP contribution is 2.12. The van der Waals surface area contributed by atoms with Crippen molar-refractivity contribution in [2.75, 3.05) is 13.2 Å². The topological polar surface area (TPSA) is 78.9 Å². The van der Waals surface area contributed by atoms with E-state index in [4.69, 9.17) is 14.2 Å². The van der Waals surface area contributed by atoms with Gasteiger partial charge in [-0.15, -0.1) is 0 Å². The number of esters is 3. The number of hydrogen-bond donors (Lipinski definition) is 0. The van der Waals surface area contributed by atoms with E-state index in [1.807, 2.05) is 36.5 Å². The van der Waals surface area contributed by atoms with Crippen molar-refractivity contribution < 1.29 is 28.6 Å². The Balaban J connectivity index is 4.45. The SMILES string of the molecule is CCC\C=C/C=C\C=C/C=C\C=C/CCCCCCCC(=O)OCC(COC(=O)CCC/C=C\CCCCCC)OC(=O)CCCCC/C=C\CCCCCCCC. The fourth-order valence-corrected chi connectivity index (χ4v) is 6.12. The third-order valence-electron chi connectivity index (χ3n) is 9.70. The average Bonchev–Trinajstić information content (AvgIpc) is 3.22. The lowest BCUT2D eigenvalue weighted by atomic mass is 10.1. The highest BCUT2D eigenvalue weighted by molar-refractivity contribution is 5.71. The van der Waals surface area contributed by atoms with Crippen molar-refractivity contribution in [2.45, 2.75) is 213 Å². The molecule has 0 heterocycles. The minimum absolute atomic E-state index is 0.105. The van der Waals surface area contributed by atoms with Gasteiger partial charge in [0.25, 0.3) is 0 Å². The summed E-state index contributed by atoms with van der Waals surface area (Å²) in [6, 6.07) is 0.